The zero-order chi connectivity index (χ0) is 16.5. The molecule has 1 N–H and O–H groups in total. The smallest absolute Gasteiger partial charge is 0.219 e. The van der Waals surface area contributed by atoms with Crippen LogP contribution in [0.25, 0.3) is 0 Å². The van der Waals surface area contributed by atoms with Crippen molar-refractivity contribution in [2.24, 2.45) is 0 Å². The molecule has 0 saturated carbocycles. The van der Waals surface area contributed by atoms with Gasteiger partial charge < -0.3 is 24.3 Å². The van der Waals surface area contributed by atoms with Gasteiger partial charge in [-0.2, -0.15) is 0 Å². The Balaban J connectivity index is 1.34. The Hall–Kier alpha value is -0.980. The van der Waals surface area contributed by atoms with Crippen molar-refractivity contribution in [2.75, 3.05) is 13.2 Å². The normalized spacial score (nSPS) is 25.7. The summed E-state index contributed by atoms with van der Waals surface area (Å²) in [5, 5.41) is 2.92. The minimum atomic E-state index is -0.137. The number of epoxide rings is 1. The van der Waals surface area contributed by atoms with Crippen molar-refractivity contribution in [3.05, 3.63) is 0 Å². The molecule has 2 fully saturated rings. The van der Waals surface area contributed by atoms with Crippen LogP contribution in [0.1, 0.15) is 64.7 Å². The lowest BCUT2D eigenvalue weighted by Gasteiger charge is -2.19. The maximum absolute atomic E-state index is 11.7. The molecule has 0 bridgehead atoms. The van der Waals surface area contributed by atoms with Gasteiger partial charge >= 0.3 is 0 Å². The molecule has 23 heavy (non-hydrogen) atoms. The molecule has 2 aliphatic rings. The van der Waals surface area contributed by atoms with Crippen molar-refractivity contribution < 1.29 is 23.8 Å². The van der Waals surface area contributed by atoms with Gasteiger partial charge in [0.15, 0.2) is 12.6 Å². The lowest BCUT2D eigenvalue weighted by molar-refractivity contribution is -0.177. The number of fused-ring (bicyclic) bond motifs is 1. The van der Waals surface area contributed by atoms with Crippen LogP contribution in [0.15, 0.2) is 0 Å². The van der Waals surface area contributed by atoms with Crippen LogP contribution >= 0.6 is 0 Å². The predicted molar refractivity (Wildman–Crippen MR) is 84.7 cm³/mol. The summed E-state index contributed by atoms with van der Waals surface area (Å²) in [7, 11) is 0. The second-order valence-corrected chi connectivity index (χ2v) is 6.38. The summed E-state index contributed by atoms with van der Waals surface area (Å²) in [6.07, 6.45) is 7.76. The number of unbranched alkanes of at least 4 members (excludes halogenated alkanes) is 3. The Morgan fingerprint density at radius 1 is 1.04 bits per heavy atom. The minimum Gasteiger partial charge on any atom is -0.356 e. The number of nitrogens with one attached hydrogen (secondary N) is 1. The van der Waals surface area contributed by atoms with Crippen molar-refractivity contribution >= 4 is 11.7 Å². The number of ketones is 1. The molecule has 2 aliphatic heterocycles. The molecule has 132 valence electrons. The van der Waals surface area contributed by atoms with Crippen LogP contribution in [0, 0.1) is 0 Å². The van der Waals surface area contributed by atoms with Gasteiger partial charge in [-0.1, -0.05) is 6.42 Å². The van der Waals surface area contributed by atoms with Crippen LogP contribution in [-0.4, -0.2) is 43.5 Å². The van der Waals surface area contributed by atoms with Crippen LogP contribution in [0.5, 0.6) is 0 Å². The molecule has 0 aromatic heterocycles. The summed E-state index contributed by atoms with van der Waals surface area (Å²) >= 11 is 0. The van der Waals surface area contributed by atoms with Crippen molar-refractivity contribution in [1.29, 1.82) is 0 Å². The van der Waals surface area contributed by atoms with Gasteiger partial charge in [-0.3, -0.25) is 4.79 Å². The fourth-order valence-corrected chi connectivity index (χ4v) is 2.69. The number of carbonyl (C=O) groups excluding carboxylic acids is 2. The van der Waals surface area contributed by atoms with E-state index in [9.17, 15) is 9.59 Å². The van der Waals surface area contributed by atoms with E-state index in [1.54, 1.807) is 6.92 Å². The number of carbonyl (C=O) groups is 2. The van der Waals surface area contributed by atoms with E-state index in [0.717, 1.165) is 44.9 Å². The summed E-state index contributed by atoms with van der Waals surface area (Å²) in [4.78, 5) is 22.4. The van der Waals surface area contributed by atoms with Crippen molar-refractivity contribution in [1.82, 2.24) is 5.32 Å². The first-order valence-corrected chi connectivity index (χ1v) is 8.84. The first-order valence-electron chi connectivity index (χ1n) is 8.84. The van der Waals surface area contributed by atoms with Crippen LogP contribution < -0.4 is 5.32 Å². The Bertz CT molecular complexity index is 387. The van der Waals surface area contributed by atoms with Crippen molar-refractivity contribution in [2.45, 2.75) is 83.4 Å². The lowest BCUT2D eigenvalue weighted by atomic mass is 10.1. The molecule has 2 rings (SSSR count). The standard InChI is InChI=1S/C17H29NO5/c1-13(19)7-3-2-5-11-18-15(20)8-4-6-12-21-16-10-9-14-17(22-14)23-16/h14,16-17H,2-12H2,1H3,(H,18,20). The zero-order valence-electron chi connectivity index (χ0n) is 14.1. The molecule has 2 saturated heterocycles. The minimum absolute atomic E-state index is 0.0324. The highest BCUT2D eigenvalue weighted by Gasteiger charge is 2.45. The molecule has 2 heterocycles. The molecular formula is C17H29NO5. The van der Waals surface area contributed by atoms with Gasteiger partial charge in [0.2, 0.25) is 5.91 Å². The van der Waals surface area contributed by atoms with Crippen LogP contribution in [0.4, 0.5) is 0 Å². The fourth-order valence-electron chi connectivity index (χ4n) is 2.69. The summed E-state index contributed by atoms with van der Waals surface area (Å²) in [6, 6.07) is 0. The van der Waals surface area contributed by atoms with Crippen LogP contribution in [0.2, 0.25) is 0 Å². The van der Waals surface area contributed by atoms with E-state index in [4.69, 9.17) is 14.2 Å². The highest BCUT2D eigenvalue weighted by Crippen LogP contribution is 2.35. The SMILES string of the molecule is CC(=O)CCCCCNC(=O)CCCCOC1CCC2OC2O1. The molecule has 3 unspecified atom stereocenters. The van der Waals surface area contributed by atoms with Gasteiger partial charge in [0.25, 0.3) is 0 Å². The molecule has 0 aliphatic carbocycles. The van der Waals surface area contributed by atoms with E-state index in [2.05, 4.69) is 5.32 Å². The van der Waals surface area contributed by atoms with Crippen molar-refractivity contribution in [3.63, 3.8) is 0 Å². The average molecular weight is 327 g/mol. The third-order valence-corrected chi connectivity index (χ3v) is 4.14. The van der Waals surface area contributed by atoms with Crippen LogP contribution in [-0.2, 0) is 23.8 Å². The number of rotatable bonds is 12. The van der Waals surface area contributed by atoms with E-state index in [1.807, 2.05) is 0 Å². The highest BCUT2D eigenvalue weighted by atomic mass is 16.8. The number of Topliss-reactive ketones (excluding diaryl/α,β-unsaturated/α-hetero) is 1. The molecule has 0 radical (unpaired) electrons. The van der Waals surface area contributed by atoms with E-state index in [-0.39, 0.29) is 24.3 Å². The molecule has 0 spiro atoms. The first kappa shape index (κ1) is 18.4. The molecule has 0 aromatic rings. The summed E-state index contributed by atoms with van der Waals surface area (Å²) in [5.74, 6) is 0.332. The number of hydrogen-bond donors (Lipinski definition) is 1. The Morgan fingerprint density at radius 3 is 2.65 bits per heavy atom. The van der Waals surface area contributed by atoms with Gasteiger partial charge in [-0.15, -0.1) is 0 Å². The topological polar surface area (TPSA) is 77.2 Å². The maximum Gasteiger partial charge on any atom is 0.219 e. The monoisotopic (exact) mass is 327 g/mol. The summed E-state index contributed by atoms with van der Waals surface area (Å²) in [5.41, 5.74) is 0. The molecule has 0 aromatic carbocycles. The fraction of sp³-hybridized carbons (Fsp3) is 0.882. The van der Waals surface area contributed by atoms with E-state index in [0.29, 0.717) is 32.1 Å². The molecule has 1 amide bonds. The zero-order valence-corrected chi connectivity index (χ0v) is 14.1. The van der Waals surface area contributed by atoms with Crippen molar-refractivity contribution in [3.8, 4) is 0 Å². The second kappa shape index (κ2) is 10.0. The van der Waals surface area contributed by atoms with Gasteiger partial charge in [-0.05, 0) is 39.0 Å². The van der Waals surface area contributed by atoms with Gasteiger partial charge in [0.1, 0.15) is 11.9 Å². The number of hydrogen-bond acceptors (Lipinski definition) is 5. The molecular weight excluding hydrogens is 298 g/mol. The lowest BCUT2D eigenvalue weighted by Crippen LogP contribution is -2.25. The molecule has 6 nitrogen and oxygen atoms in total. The quantitative estimate of drug-likeness (QED) is 0.440. The van der Waals surface area contributed by atoms with E-state index in [1.165, 1.54) is 0 Å². The number of amides is 1. The average Bonchev–Trinajstić information content (AvgIpc) is 3.28. The summed E-state index contributed by atoms with van der Waals surface area (Å²) in [6.45, 7) is 2.94. The highest BCUT2D eigenvalue weighted by molar-refractivity contribution is 5.75. The molecule has 3 atom stereocenters. The first-order chi connectivity index (χ1) is 11.1. The predicted octanol–water partition coefficient (Wildman–Crippen LogP) is 2.30. The van der Waals surface area contributed by atoms with Gasteiger partial charge in [0, 0.05) is 32.4 Å². The van der Waals surface area contributed by atoms with E-state index < -0.39 is 0 Å². The molecule has 6 heteroatoms. The Kier molecular flexibility index (Phi) is 7.99. The van der Waals surface area contributed by atoms with E-state index >= 15 is 0 Å². The number of ether oxygens (including phenoxy) is 3. The van der Waals surface area contributed by atoms with Crippen LogP contribution in [0.3, 0.4) is 0 Å². The Labute approximate surface area is 138 Å². The third kappa shape index (κ3) is 7.90. The summed E-state index contributed by atoms with van der Waals surface area (Å²) < 4.78 is 16.5. The second-order valence-electron chi connectivity index (χ2n) is 6.38. The third-order valence-electron chi connectivity index (χ3n) is 4.14. The largest absolute Gasteiger partial charge is 0.356 e. The maximum atomic E-state index is 11.7. The van der Waals surface area contributed by atoms with Gasteiger partial charge in [-0.25, -0.2) is 0 Å². The van der Waals surface area contributed by atoms with Gasteiger partial charge in [0.05, 0.1) is 0 Å². The Morgan fingerprint density at radius 2 is 1.87 bits per heavy atom.